The van der Waals surface area contributed by atoms with Crippen LogP contribution in [-0.2, 0) is 4.79 Å². The maximum atomic E-state index is 13.7. The highest BCUT2D eigenvalue weighted by molar-refractivity contribution is 5.94. The van der Waals surface area contributed by atoms with E-state index in [1.165, 1.54) is 57.2 Å². The molecule has 0 spiro atoms. The van der Waals surface area contributed by atoms with Crippen LogP contribution in [0.1, 0.15) is 125 Å². The van der Waals surface area contributed by atoms with Crippen molar-refractivity contribution in [2.75, 3.05) is 19.6 Å². The van der Waals surface area contributed by atoms with Gasteiger partial charge in [-0.2, -0.15) is 5.10 Å². The van der Waals surface area contributed by atoms with E-state index in [4.69, 9.17) is 5.10 Å². The van der Waals surface area contributed by atoms with Crippen molar-refractivity contribution in [1.29, 1.82) is 0 Å². The Balaban J connectivity index is 1.32. The molecule has 2 aliphatic carbocycles. The molecule has 5 rings (SSSR count). The maximum absolute atomic E-state index is 13.7. The number of hydrogen-bond acceptors (Lipinski definition) is 4. The maximum Gasteiger partial charge on any atom is 0.272 e. The van der Waals surface area contributed by atoms with Crippen LogP contribution < -0.4 is 10.6 Å². The van der Waals surface area contributed by atoms with Gasteiger partial charge < -0.3 is 15.5 Å². The van der Waals surface area contributed by atoms with Gasteiger partial charge in [0.25, 0.3) is 5.91 Å². The minimum absolute atomic E-state index is 0.0519. The molecule has 0 radical (unpaired) electrons. The number of aromatic nitrogens is 2. The van der Waals surface area contributed by atoms with E-state index in [0.717, 1.165) is 56.3 Å². The highest BCUT2D eigenvalue weighted by Crippen LogP contribution is 2.36. The van der Waals surface area contributed by atoms with Gasteiger partial charge in [0.15, 0.2) is 5.69 Å². The molecule has 1 aromatic heterocycles. The van der Waals surface area contributed by atoms with Gasteiger partial charge in [0.1, 0.15) is 0 Å². The largest absolute Gasteiger partial charge is 0.353 e. The average Bonchev–Trinajstić information content (AvgIpc) is 3.62. The Bertz CT molecular complexity index is 1130. The first-order valence-electron chi connectivity index (χ1n) is 16.0. The number of nitrogens with zero attached hydrogens (tertiary/aromatic N) is 3. The Morgan fingerprint density at radius 1 is 0.975 bits per heavy atom. The smallest absolute Gasteiger partial charge is 0.272 e. The molecule has 1 aromatic carbocycles. The summed E-state index contributed by atoms with van der Waals surface area (Å²) in [7, 11) is 0. The number of rotatable bonds is 12. The van der Waals surface area contributed by atoms with Crippen molar-refractivity contribution in [3.05, 3.63) is 41.6 Å². The van der Waals surface area contributed by atoms with E-state index < -0.39 is 0 Å². The topological polar surface area (TPSA) is 79.3 Å². The summed E-state index contributed by atoms with van der Waals surface area (Å²) < 4.78 is 2.12. The van der Waals surface area contributed by atoms with Gasteiger partial charge in [-0.05, 0) is 95.0 Å². The summed E-state index contributed by atoms with van der Waals surface area (Å²) in [5, 5.41) is 11.3. The van der Waals surface area contributed by atoms with Gasteiger partial charge in [-0.1, -0.05) is 57.4 Å². The molecule has 2 saturated carbocycles. The van der Waals surface area contributed by atoms with Crippen LogP contribution in [-0.4, -0.2) is 58.2 Å². The summed E-state index contributed by atoms with van der Waals surface area (Å²) in [6.07, 6.45) is 13.9. The molecule has 218 valence electrons. The van der Waals surface area contributed by atoms with Gasteiger partial charge >= 0.3 is 0 Å². The predicted molar refractivity (Wildman–Crippen MR) is 160 cm³/mol. The van der Waals surface area contributed by atoms with Crippen molar-refractivity contribution in [3.8, 4) is 11.3 Å². The van der Waals surface area contributed by atoms with Crippen molar-refractivity contribution in [3.63, 3.8) is 0 Å². The summed E-state index contributed by atoms with van der Waals surface area (Å²) in [6, 6.07) is 10.9. The molecule has 3 aliphatic rings. The zero-order valence-corrected chi connectivity index (χ0v) is 24.7. The molecule has 1 saturated heterocycles. The lowest BCUT2D eigenvalue weighted by Crippen LogP contribution is -2.44. The van der Waals surface area contributed by atoms with Gasteiger partial charge in [0, 0.05) is 24.1 Å². The van der Waals surface area contributed by atoms with Crippen molar-refractivity contribution in [1.82, 2.24) is 25.3 Å². The third kappa shape index (κ3) is 7.34. The van der Waals surface area contributed by atoms with E-state index in [1.807, 2.05) is 6.07 Å². The van der Waals surface area contributed by atoms with Crippen molar-refractivity contribution in [2.45, 2.75) is 121 Å². The second-order valence-corrected chi connectivity index (χ2v) is 12.7. The third-order valence-electron chi connectivity index (χ3n) is 9.21. The molecule has 2 heterocycles. The molecule has 1 atom stereocenters. The van der Waals surface area contributed by atoms with Gasteiger partial charge in [-0.3, -0.25) is 14.3 Å². The van der Waals surface area contributed by atoms with E-state index in [1.54, 1.807) is 0 Å². The SMILES string of the molecule is CC(C)c1ccccc1-c1cc(C(=O)N[C@@H](CCCN2CCCCC2)CC(=O)NC2CCC2)nn1C1CCCC1. The lowest BCUT2D eigenvalue weighted by atomic mass is 9.93. The molecule has 2 amide bonds. The molecule has 7 nitrogen and oxygen atoms in total. The van der Waals surface area contributed by atoms with Crippen LogP contribution in [0.15, 0.2) is 30.3 Å². The van der Waals surface area contributed by atoms with Crippen molar-refractivity contribution >= 4 is 11.8 Å². The number of nitrogens with one attached hydrogen (secondary N) is 2. The summed E-state index contributed by atoms with van der Waals surface area (Å²) >= 11 is 0. The van der Waals surface area contributed by atoms with Crippen LogP contribution in [0.4, 0.5) is 0 Å². The summed E-state index contributed by atoms with van der Waals surface area (Å²) in [5.41, 5.74) is 3.93. The molecule has 7 heteroatoms. The minimum Gasteiger partial charge on any atom is -0.353 e. The highest BCUT2D eigenvalue weighted by atomic mass is 16.2. The molecule has 2 aromatic rings. The number of carbonyl (C=O) groups is 2. The van der Waals surface area contributed by atoms with Crippen molar-refractivity contribution < 1.29 is 9.59 Å². The molecule has 0 unspecified atom stereocenters. The zero-order valence-electron chi connectivity index (χ0n) is 24.7. The van der Waals surface area contributed by atoms with Crippen LogP contribution in [0.5, 0.6) is 0 Å². The Morgan fingerprint density at radius 3 is 2.42 bits per heavy atom. The minimum atomic E-state index is -0.194. The van der Waals surface area contributed by atoms with E-state index in [0.29, 0.717) is 30.1 Å². The van der Waals surface area contributed by atoms with E-state index in [2.05, 4.69) is 58.3 Å². The van der Waals surface area contributed by atoms with E-state index >= 15 is 0 Å². The summed E-state index contributed by atoms with van der Waals surface area (Å²) in [5.74, 6) is 0.259. The second-order valence-electron chi connectivity index (χ2n) is 12.7. The Morgan fingerprint density at radius 2 is 1.73 bits per heavy atom. The Kier molecular flexibility index (Phi) is 9.95. The standard InChI is InChI=1S/C33H49N5O2/c1-24(2)28-17-6-7-18-29(28)31-23-30(36-38(31)27-15-4-5-16-27)33(40)35-26(22-32(39)34-25-12-10-13-25)14-11-21-37-19-8-3-9-20-37/h6-7,17-18,23-27H,3-5,8-16,19-22H2,1-2H3,(H,34,39)(H,35,40)/t26-/m0/s1. The first-order chi connectivity index (χ1) is 19.5. The van der Waals surface area contributed by atoms with Gasteiger partial charge in [-0.15, -0.1) is 0 Å². The summed E-state index contributed by atoms with van der Waals surface area (Å²) in [4.78, 5) is 29.1. The third-order valence-corrected chi connectivity index (χ3v) is 9.21. The molecule has 0 bridgehead atoms. The molecule has 1 aliphatic heterocycles. The van der Waals surface area contributed by atoms with Gasteiger partial charge in [0.2, 0.25) is 5.91 Å². The lowest BCUT2D eigenvalue weighted by Gasteiger charge is -2.28. The fourth-order valence-corrected chi connectivity index (χ4v) is 6.66. The summed E-state index contributed by atoms with van der Waals surface area (Å²) in [6.45, 7) is 7.79. The number of likely N-dealkylation sites (tertiary alicyclic amines) is 1. The Hall–Kier alpha value is -2.67. The van der Waals surface area contributed by atoms with Crippen LogP contribution in [0.3, 0.4) is 0 Å². The highest BCUT2D eigenvalue weighted by Gasteiger charge is 2.27. The lowest BCUT2D eigenvalue weighted by molar-refractivity contribution is -0.122. The second kappa shape index (κ2) is 13.8. The molecule has 3 fully saturated rings. The molecular weight excluding hydrogens is 498 g/mol. The molecule has 40 heavy (non-hydrogen) atoms. The molecular formula is C33H49N5O2. The van der Waals surface area contributed by atoms with Crippen LogP contribution in [0.25, 0.3) is 11.3 Å². The van der Waals surface area contributed by atoms with Crippen LogP contribution in [0, 0.1) is 0 Å². The van der Waals surface area contributed by atoms with E-state index in [-0.39, 0.29) is 17.9 Å². The fraction of sp³-hybridized carbons (Fsp3) is 0.667. The van der Waals surface area contributed by atoms with Gasteiger partial charge in [-0.25, -0.2) is 0 Å². The first-order valence-corrected chi connectivity index (χ1v) is 16.0. The quantitative estimate of drug-likeness (QED) is 0.331. The van der Waals surface area contributed by atoms with Gasteiger partial charge in [0.05, 0.1) is 11.7 Å². The van der Waals surface area contributed by atoms with E-state index in [9.17, 15) is 9.59 Å². The average molecular weight is 548 g/mol. The number of amides is 2. The zero-order chi connectivity index (χ0) is 27.9. The van der Waals surface area contributed by atoms with Crippen LogP contribution in [0.2, 0.25) is 0 Å². The number of benzene rings is 1. The molecule has 2 N–H and O–H groups in total. The van der Waals surface area contributed by atoms with Crippen LogP contribution >= 0.6 is 0 Å². The number of carbonyl (C=O) groups excluding carboxylic acids is 2. The Labute approximate surface area is 240 Å². The predicted octanol–water partition coefficient (Wildman–Crippen LogP) is 6.21. The number of piperidine rings is 1. The number of hydrogen-bond donors (Lipinski definition) is 2. The first kappa shape index (κ1) is 28.8. The fourth-order valence-electron chi connectivity index (χ4n) is 6.66. The van der Waals surface area contributed by atoms with Crippen molar-refractivity contribution in [2.24, 2.45) is 0 Å². The monoisotopic (exact) mass is 547 g/mol. The normalized spacial score (nSPS) is 19.5.